The molecule has 0 saturated carbocycles. The van der Waals surface area contributed by atoms with E-state index < -0.39 is 11.6 Å². The fourth-order valence-electron chi connectivity index (χ4n) is 3.61. The number of rotatable bonds is 7. The van der Waals surface area contributed by atoms with Crippen molar-refractivity contribution in [2.75, 3.05) is 26.9 Å². The van der Waals surface area contributed by atoms with Gasteiger partial charge in [-0.15, -0.1) is 0 Å². The van der Waals surface area contributed by atoms with Crippen LogP contribution in [0.2, 0.25) is 0 Å². The maximum Gasteiger partial charge on any atom is 0.332 e. The van der Waals surface area contributed by atoms with Crippen molar-refractivity contribution in [3.8, 4) is 11.1 Å². The number of benzene rings is 2. The van der Waals surface area contributed by atoms with Gasteiger partial charge < -0.3 is 19.2 Å². The Labute approximate surface area is 188 Å². The van der Waals surface area contributed by atoms with Crippen LogP contribution >= 0.6 is 0 Å². The monoisotopic (exact) mass is 438 g/mol. The minimum atomic E-state index is -0.569. The summed E-state index contributed by atoms with van der Waals surface area (Å²) in [7, 11) is 1.48. The van der Waals surface area contributed by atoms with Crippen LogP contribution in [0.5, 0.6) is 0 Å². The van der Waals surface area contributed by atoms with E-state index in [0.29, 0.717) is 18.5 Å². The normalized spacial score (nSPS) is 17.4. The zero-order chi connectivity index (χ0) is 23.1. The summed E-state index contributed by atoms with van der Waals surface area (Å²) >= 11 is 0. The minimum absolute atomic E-state index is 0.114. The lowest BCUT2D eigenvalue weighted by Gasteiger charge is -2.24. The largest absolute Gasteiger partial charge is 0.458 e. The van der Waals surface area contributed by atoms with E-state index in [-0.39, 0.29) is 25.2 Å². The van der Waals surface area contributed by atoms with Gasteiger partial charge in [0.15, 0.2) is 0 Å². The molecule has 1 atom stereocenters. The van der Waals surface area contributed by atoms with Crippen LogP contribution in [-0.4, -0.2) is 61.0 Å². The molecule has 1 saturated heterocycles. The molecule has 0 aliphatic carbocycles. The Morgan fingerprint density at radius 3 is 2.31 bits per heavy atom. The lowest BCUT2D eigenvalue weighted by molar-refractivity contribution is -0.160. The molecular weight excluding hydrogens is 408 g/mol. The molecule has 2 aromatic rings. The second kappa shape index (κ2) is 10.4. The number of oxime groups is 1. The van der Waals surface area contributed by atoms with Crippen LogP contribution < -0.4 is 0 Å². The first kappa shape index (κ1) is 23.5. The fourth-order valence-corrected chi connectivity index (χ4v) is 3.61. The number of ether oxygens (including phenoxy) is 2. The summed E-state index contributed by atoms with van der Waals surface area (Å²) in [6.45, 7) is 5.80. The third-order valence-corrected chi connectivity index (χ3v) is 4.94. The Kier molecular flexibility index (Phi) is 7.64. The maximum absolute atomic E-state index is 13.2. The molecule has 0 unspecified atom stereocenters. The van der Waals surface area contributed by atoms with Crippen LogP contribution in [0.1, 0.15) is 37.6 Å². The Balaban J connectivity index is 1.66. The van der Waals surface area contributed by atoms with Crippen molar-refractivity contribution >= 4 is 17.6 Å². The van der Waals surface area contributed by atoms with Gasteiger partial charge in [-0.25, -0.2) is 4.79 Å². The van der Waals surface area contributed by atoms with Crippen LogP contribution in [0.3, 0.4) is 0 Å². The number of amides is 1. The smallest absolute Gasteiger partial charge is 0.332 e. The van der Waals surface area contributed by atoms with Crippen molar-refractivity contribution in [2.24, 2.45) is 5.16 Å². The van der Waals surface area contributed by atoms with Gasteiger partial charge >= 0.3 is 5.97 Å². The van der Waals surface area contributed by atoms with Crippen molar-refractivity contribution in [2.45, 2.75) is 38.8 Å². The molecule has 0 spiro atoms. The second-order valence-electron chi connectivity index (χ2n) is 8.68. The maximum atomic E-state index is 13.2. The lowest BCUT2D eigenvalue weighted by atomic mass is 10.0. The van der Waals surface area contributed by atoms with Crippen molar-refractivity contribution in [3.63, 3.8) is 0 Å². The zero-order valence-corrected chi connectivity index (χ0v) is 19.0. The number of carbonyl (C=O) groups excluding carboxylic acids is 2. The van der Waals surface area contributed by atoms with Gasteiger partial charge in [0.25, 0.3) is 5.91 Å². The summed E-state index contributed by atoms with van der Waals surface area (Å²) in [6.07, 6.45) is 0.524. The van der Waals surface area contributed by atoms with Gasteiger partial charge in [0.2, 0.25) is 0 Å². The van der Waals surface area contributed by atoms with E-state index in [1.165, 1.54) is 7.11 Å². The Bertz CT molecular complexity index is 949. The summed E-state index contributed by atoms with van der Waals surface area (Å²) in [6, 6.07) is 17.3. The van der Waals surface area contributed by atoms with Gasteiger partial charge in [0.05, 0.1) is 24.9 Å². The molecule has 1 aliphatic heterocycles. The second-order valence-corrected chi connectivity index (χ2v) is 8.68. The molecule has 1 heterocycles. The van der Waals surface area contributed by atoms with Crippen LogP contribution in [0.25, 0.3) is 11.1 Å². The zero-order valence-electron chi connectivity index (χ0n) is 19.0. The average molecular weight is 439 g/mol. The SMILES string of the molecule is CO/N=C1/C[C@@H](COCC(=O)OC(C)(C)C)N(C(=O)c2ccc(-c3ccccc3)cc2)C1. The molecule has 0 radical (unpaired) electrons. The van der Waals surface area contributed by atoms with E-state index in [0.717, 1.165) is 16.8 Å². The van der Waals surface area contributed by atoms with Gasteiger partial charge in [0, 0.05) is 12.0 Å². The molecule has 7 heteroatoms. The predicted molar refractivity (Wildman–Crippen MR) is 122 cm³/mol. The van der Waals surface area contributed by atoms with E-state index in [2.05, 4.69) is 5.16 Å². The third kappa shape index (κ3) is 6.40. The Morgan fingerprint density at radius 2 is 1.69 bits per heavy atom. The number of carbonyl (C=O) groups is 2. The summed E-state index contributed by atoms with van der Waals surface area (Å²) < 4.78 is 10.8. The van der Waals surface area contributed by atoms with Gasteiger partial charge in [0.1, 0.15) is 19.3 Å². The summed E-state index contributed by atoms with van der Waals surface area (Å²) in [5.74, 6) is -0.549. The average Bonchev–Trinajstić information content (AvgIpc) is 3.15. The van der Waals surface area contributed by atoms with Crippen LogP contribution in [0.4, 0.5) is 0 Å². The topological polar surface area (TPSA) is 77.4 Å². The number of nitrogens with zero attached hydrogens (tertiary/aromatic N) is 2. The third-order valence-electron chi connectivity index (χ3n) is 4.94. The van der Waals surface area contributed by atoms with Crippen LogP contribution in [-0.2, 0) is 19.1 Å². The van der Waals surface area contributed by atoms with Gasteiger partial charge in [-0.1, -0.05) is 47.6 Å². The van der Waals surface area contributed by atoms with Crippen molar-refractivity contribution in [3.05, 3.63) is 60.2 Å². The molecule has 1 fully saturated rings. The quantitative estimate of drug-likeness (QED) is 0.484. The van der Waals surface area contributed by atoms with Crippen molar-refractivity contribution < 1.29 is 23.9 Å². The van der Waals surface area contributed by atoms with E-state index in [4.69, 9.17) is 14.3 Å². The molecule has 3 rings (SSSR count). The van der Waals surface area contributed by atoms with Crippen LogP contribution in [0.15, 0.2) is 59.8 Å². The summed E-state index contributed by atoms with van der Waals surface area (Å²) in [4.78, 5) is 31.8. The van der Waals surface area contributed by atoms with Crippen LogP contribution in [0, 0.1) is 0 Å². The molecule has 1 aliphatic rings. The molecular formula is C25H30N2O5. The Morgan fingerprint density at radius 1 is 1.03 bits per heavy atom. The number of likely N-dealkylation sites (tertiary alicyclic amines) is 1. The van der Waals surface area contributed by atoms with Gasteiger partial charge in [-0.3, -0.25) is 4.79 Å². The number of esters is 1. The number of hydrogen-bond donors (Lipinski definition) is 0. The molecule has 0 bridgehead atoms. The molecule has 0 aromatic heterocycles. The highest BCUT2D eigenvalue weighted by atomic mass is 16.6. The highest BCUT2D eigenvalue weighted by molar-refractivity contribution is 6.00. The first-order chi connectivity index (χ1) is 15.3. The molecule has 7 nitrogen and oxygen atoms in total. The first-order valence-electron chi connectivity index (χ1n) is 10.6. The molecule has 2 aromatic carbocycles. The molecule has 0 N–H and O–H groups in total. The Hall–Kier alpha value is -3.19. The molecule has 1 amide bonds. The summed E-state index contributed by atoms with van der Waals surface area (Å²) in [5.41, 5.74) is 2.91. The molecule has 32 heavy (non-hydrogen) atoms. The minimum Gasteiger partial charge on any atom is -0.458 e. The van der Waals surface area contributed by atoms with E-state index >= 15 is 0 Å². The highest BCUT2D eigenvalue weighted by Crippen LogP contribution is 2.23. The molecule has 170 valence electrons. The standard InChI is InChI=1S/C25H30N2O5/c1-25(2,3)32-23(28)17-31-16-22-14-21(26-30-4)15-27(22)24(29)20-12-10-19(11-13-20)18-8-6-5-7-9-18/h5-13,22H,14-17H2,1-4H3/b26-21-/t22-/m0/s1. The number of hydrogen-bond acceptors (Lipinski definition) is 6. The lowest BCUT2D eigenvalue weighted by Crippen LogP contribution is -2.39. The van der Waals surface area contributed by atoms with Gasteiger partial charge in [-0.2, -0.15) is 0 Å². The highest BCUT2D eigenvalue weighted by Gasteiger charge is 2.34. The fraction of sp³-hybridized carbons (Fsp3) is 0.400. The van der Waals surface area contributed by atoms with E-state index in [9.17, 15) is 9.59 Å². The summed E-state index contributed by atoms with van der Waals surface area (Å²) in [5, 5.41) is 4.02. The van der Waals surface area contributed by atoms with Crippen molar-refractivity contribution in [1.29, 1.82) is 0 Å². The predicted octanol–water partition coefficient (Wildman–Crippen LogP) is 3.93. The van der Waals surface area contributed by atoms with E-state index in [1.54, 1.807) is 25.7 Å². The first-order valence-corrected chi connectivity index (χ1v) is 10.6. The van der Waals surface area contributed by atoms with Gasteiger partial charge in [-0.05, 0) is 44.0 Å². The van der Waals surface area contributed by atoms with E-state index in [1.807, 2.05) is 54.6 Å². The van der Waals surface area contributed by atoms with Crippen molar-refractivity contribution in [1.82, 2.24) is 4.90 Å².